The average molecular weight is 397 g/mol. The van der Waals surface area contributed by atoms with Crippen LogP contribution in [0, 0.1) is 11.8 Å². The van der Waals surface area contributed by atoms with Crippen molar-refractivity contribution in [1.29, 1.82) is 0 Å². The van der Waals surface area contributed by atoms with Crippen molar-refractivity contribution in [3.8, 4) is 0 Å². The SMILES string of the molecule is CC(C)CCCC(C)CCn1cc[n+](CC(P(=O)(O)O)P(=O)(O)O)c1. The Morgan fingerprint density at radius 2 is 1.60 bits per heavy atom. The standard InChI is InChI=1S/C15H30N2O6P2/c1-13(2)5-4-6-14(3)7-8-16-9-10-17(12-16)11-15(24(18,19)20)25(21,22)23/h9-10,12-15H,4-8,11H2,1-3H3,(H3-,18,19,20,21,22,23)/p+1. The molecule has 1 aromatic rings. The van der Waals surface area contributed by atoms with E-state index in [1.54, 1.807) is 18.7 Å². The Bertz CT molecular complexity index is 599. The lowest BCUT2D eigenvalue weighted by molar-refractivity contribution is -0.694. The summed E-state index contributed by atoms with van der Waals surface area (Å²) >= 11 is 0. The van der Waals surface area contributed by atoms with Gasteiger partial charge in [0.25, 0.3) is 0 Å². The molecule has 25 heavy (non-hydrogen) atoms. The molecule has 1 atom stereocenters. The molecule has 0 amide bonds. The maximum Gasteiger partial charge on any atom is 0.344 e. The summed E-state index contributed by atoms with van der Waals surface area (Å²) in [5.41, 5.74) is 0. The molecule has 0 aromatic carbocycles. The monoisotopic (exact) mass is 397 g/mol. The van der Waals surface area contributed by atoms with Crippen molar-refractivity contribution in [2.24, 2.45) is 11.8 Å². The predicted molar refractivity (Wildman–Crippen MR) is 95.0 cm³/mol. The summed E-state index contributed by atoms with van der Waals surface area (Å²) in [5.74, 6) is 1.29. The number of nitrogens with zero attached hydrogens (tertiary/aromatic N) is 2. The Balaban J connectivity index is 2.56. The Morgan fingerprint density at radius 3 is 2.12 bits per heavy atom. The van der Waals surface area contributed by atoms with E-state index in [-0.39, 0.29) is 0 Å². The van der Waals surface area contributed by atoms with E-state index in [0.717, 1.165) is 19.4 Å². The van der Waals surface area contributed by atoms with Gasteiger partial charge in [-0.3, -0.25) is 9.13 Å². The highest BCUT2D eigenvalue weighted by Crippen LogP contribution is 2.59. The Labute approximate surface area is 149 Å². The van der Waals surface area contributed by atoms with Crippen molar-refractivity contribution >= 4 is 15.2 Å². The highest BCUT2D eigenvalue weighted by Gasteiger charge is 2.45. The van der Waals surface area contributed by atoms with Crippen LogP contribution in [0.1, 0.15) is 46.5 Å². The molecule has 0 fully saturated rings. The van der Waals surface area contributed by atoms with Crippen LogP contribution in [-0.4, -0.2) is 29.5 Å². The fourth-order valence-electron chi connectivity index (χ4n) is 2.66. The van der Waals surface area contributed by atoms with E-state index >= 15 is 0 Å². The molecule has 10 heteroatoms. The third-order valence-corrected chi connectivity index (χ3v) is 7.94. The number of hydrogen-bond acceptors (Lipinski definition) is 2. The van der Waals surface area contributed by atoms with Crippen molar-refractivity contribution in [2.45, 2.75) is 64.9 Å². The van der Waals surface area contributed by atoms with Crippen molar-refractivity contribution in [3.05, 3.63) is 18.7 Å². The lowest BCUT2D eigenvalue weighted by atomic mass is 9.97. The fourth-order valence-corrected chi connectivity index (χ4v) is 5.03. The first-order chi connectivity index (χ1) is 11.4. The predicted octanol–water partition coefficient (Wildman–Crippen LogP) is 2.31. The Morgan fingerprint density at radius 1 is 1.00 bits per heavy atom. The first-order valence-electron chi connectivity index (χ1n) is 8.55. The zero-order chi connectivity index (χ0) is 19.3. The van der Waals surface area contributed by atoms with E-state index in [0.29, 0.717) is 11.8 Å². The molecule has 0 saturated heterocycles. The van der Waals surface area contributed by atoms with Gasteiger partial charge in [-0.15, -0.1) is 0 Å². The molecule has 1 aromatic heterocycles. The van der Waals surface area contributed by atoms with E-state index in [1.807, 2.05) is 4.57 Å². The van der Waals surface area contributed by atoms with E-state index in [4.69, 9.17) is 0 Å². The average Bonchev–Trinajstić information content (AvgIpc) is 2.87. The van der Waals surface area contributed by atoms with Crippen LogP contribution >= 0.6 is 15.2 Å². The number of rotatable bonds is 11. The van der Waals surface area contributed by atoms with Crippen LogP contribution in [0.2, 0.25) is 0 Å². The summed E-state index contributed by atoms with van der Waals surface area (Å²) in [5, 5.41) is -2.02. The van der Waals surface area contributed by atoms with Crippen molar-refractivity contribution in [2.75, 3.05) is 0 Å². The van der Waals surface area contributed by atoms with Gasteiger partial charge in [-0.1, -0.05) is 40.0 Å². The molecular formula is C15H31N2O6P2+. The molecule has 0 bridgehead atoms. The van der Waals surface area contributed by atoms with E-state index in [9.17, 15) is 28.7 Å². The third-order valence-electron chi connectivity index (χ3n) is 4.26. The zero-order valence-electron chi connectivity index (χ0n) is 15.1. The second-order valence-corrected chi connectivity index (χ2v) is 11.2. The summed E-state index contributed by atoms with van der Waals surface area (Å²) in [6, 6.07) is 0. The molecule has 0 radical (unpaired) electrons. The first kappa shape index (κ1) is 22.6. The van der Waals surface area contributed by atoms with Crippen LogP contribution in [0.15, 0.2) is 18.7 Å². The van der Waals surface area contributed by atoms with Gasteiger partial charge >= 0.3 is 15.2 Å². The van der Waals surface area contributed by atoms with Crippen LogP contribution in [0.25, 0.3) is 0 Å². The van der Waals surface area contributed by atoms with Crippen LogP contribution in [-0.2, 0) is 22.2 Å². The Hall–Kier alpha value is -0.490. The number of hydrogen-bond donors (Lipinski definition) is 4. The highest BCUT2D eigenvalue weighted by atomic mass is 31.2. The molecule has 4 N–H and O–H groups in total. The van der Waals surface area contributed by atoms with Gasteiger partial charge < -0.3 is 19.6 Å². The van der Waals surface area contributed by atoms with Gasteiger partial charge in [-0.25, -0.2) is 9.13 Å². The summed E-state index contributed by atoms with van der Waals surface area (Å²) in [4.78, 5) is 36.7. The van der Waals surface area contributed by atoms with Crippen molar-refractivity contribution in [3.63, 3.8) is 0 Å². The van der Waals surface area contributed by atoms with Crippen molar-refractivity contribution in [1.82, 2.24) is 4.57 Å². The third kappa shape index (κ3) is 8.63. The molecule has 1 unspecified atom stereocenters. The van der Waals surface area contributed by atoms with Crippen LogP contribution < -0.4 is 4.57 Å². The zero-order valence-corrected chi connectivity index (χ0v) is 16.9. The van der Waals surface area contributed by atoms with Gasteiger partial charge in [0.1, 0.15) is 18.9 Å². The lowest BCUT2D eigenvalue weighted by Crippen LogP contribution is -2.38. The van der Waals surface area contributed by atoms with Crippen molar-refractivity contribution < 1.29 is 33.3 Å². The first-order valence-corrected chi connectivity index (χ1v) is 11.9. The van der Waals surface area contributed by atoms with E-state index in [2.05, 4.69) is 20.8 Å². The minimum absolute atomic E-state index is 0.425. The maximum atomic E-state index is 11.3. The van der Waals surface area contributed by atoms with Gasteiger partial charge in [0.2, 0.25) is 6.33 Å². The molecular weight excluding hydrogens is 366 g/mol. The van der Waals surface area contributed by atoms with Gasteiger partial charge in [-0.2, -0.15) is 0 Å². The van der Waals surface area contributed by atoms with Gasteiger partial charge in [-0.05, 0) is 18.3 Å². The summed E-state index contributed by atoms with van der Waals surface area (Å²) in [6.45, 7) is 6.96. The quantitative estimate of drug-likeness (QED) is 0.336. The molecule has 0 saturated carbocycles. The lowest BCUT2D eigenvalue weighted by Gasteiger charge is -2.17. The molecule has 8 nitrogen and oxygen atoms in total. The smallest absolute Gasteiger partial charge is 0.324 e. The van der Waals surface area contributed by atoms with Gasteiger partial charge in [0, 0.05) is 0 Å². The molecule has 0 spiro atoms. The summed E-state index contributed by atoms with van der Waals surface area (Å²) < 4.78 is 25.9. The highest BCUT2D eigenvalue weighted by molar-refractivity contribution is 7.70. The van der Waals surface area contributed by atoms with E-state index in [1.165, 1.54) is 17.4 Å². The molecule has 0 aliphatic carbocycles. The van der Waals surface area contributed by atoms with Crippen LogP contribution in [0.4, 0.5) is 0 Å². The van der Waals surface area contributed by atoms with Crippen LogP contribution in [0.3, 0.4) is 0 Å². The molecule has 0 aliphatic heterocycles. The summed E-state index contributed by atoms with van der Waals surface area (Å²) in [7, 11) is -9.80. The van der Waals surface area contributed by atoms with Gasteiger partial charge in [0.15, 0.2) is 5.40 Å². The van der Waals surface area contributed by atoms with Gasteiger partial charge in [0.05, 0.1) is 6.54 Å². The fraction of sp³-hybridized carbons (Fsp3) is 0.800. The minimum Gasteiger partial charge on any atom is -0.324 e. The molecule has 1 rings (SSSR count). The maximum absolute atomic E-state index is 11.3. The summed E-state index contributed by atoms with van der Waals surface area (Å²) in [6.07, 6.45) is 9.51. The second-order valence-electron chi connectivity index (χ2n) is 7.23. The number of aryl methyl sites for hydroxylation is 1. The Kier molecular flexibility index (Phi) is 8.52. The molecule has 1 heterocycles. The van der Waals surface area contributed by atoms with Crippen LogP contribution in [0.5, 0.6) is 0 Å². The topological polar surface area (TPSA) is 124 Å². The molecule has 0 aliphatic rings. The number of imidazole rings is 1. The largest absolute Gasteiger partial charge is 0.344 e. The number of aromatic nitrogens is 2. The minimum atomic E-state index is -4.90. The molecule has 146 valence electrons. The second kappa shape index (κ2) is 9.45. The normalized spacial score (nSPS) is 14.4. The van der Waals surface area contributed by atoms with E-state index < -0.39 is 27.1 Å².